The summed E-state index contributed by atoms with van der Waals surface area (Å²) in [6.07, 6.45) is 0.186. The molecule has 0 atom stereocenters. The molecule has 0 aromatic heterocycles. The fraction of sp³-hybridized carbons (Fsp3) is 0.333. The third-order valence-corrected chi connectivity index (χ3v) is 3.08. The molecule has 0 saturated carbocycles. The zero-order chi connectivity index (χ0) is 14.5. The lowest BCUT2D eigenvalue weighted by Gasteiger charge is -2.11. The number of benzene rings is 1. The lowest BCUT2D eigenvalue weighted by Crippen LogP contribution is -2.14. The first kappa shape index (κ1) is 14.1. The smallest absolute Gasteiger partial charge is 0.338 e. The first-order chi connectivity index (χ1) is 9.63. The van der Waals surface area contributed by atoms with E-state index in [1.54, 1.807) is 25.1 Å². The molecule has 1 aliphatic heterocycles. The molecule has 0 unspecified atom stereocenters. The van der Waals surface area contributed by atoms with Gasteiger partial charge < -0.3 is 15.2 Å². The monoisotopic (exact) mass is 275 g/mol. The second-order valence-corrected chi connectivity index (χ2v) is 4.49. The van der Waals surface area contributed by atoms with Crippen molar-refractivity contribution in [2.75, 3.05) is 18.5 Å². The SMILES string of the molecule is CCOC(=O)/C1=C(\O)c2ccccc2NCCC(=O)C1. The zero-order valence-electron chi connectivity index (χ0n) is 11.3. The van der Waals surface area contributed by atoms with Gasteiger partial charge in [0.1, 0.15) is 11.5 Å². The molecule has 20 heavy (non-hydrogen) atoms. The number of ether oxygens (including phenoxy) is 1. The van der Waals surface area contributed by atoms with E-state index in [1.165, 1.54) is 0 Å². The van der Waals surface area contributed by atoms with Gasteiger partial charge >= 0.3 is 5.97 Å². The van der Waals surface area contributed by atoms with Crippen molar-refractivity contribution in [3.05, 3.63) is 35.4 Å². The Labute approximate surface area is 117 Å². The number of hydrogen-bond donors (Lipinski definition) is 2. The summed E-state index contributed by atoms with van der Waals surface area (Å²) in [5.74, 6) is -0.947. The summed E-state index contributed by atoms with van der Waals surface area (Å²) in [7, 11) is 0. The van der Waals surface area contributed by atoms with Crippen molar-refractivity contribution in [2.45, 2.75) is 19.8 Å². The number of Topliss-reactive ketones (excluding diaryl/α,β-unsaturated/α-hetero) is 1. The molecule has 0 bridgehead atoms. The Morgan fingerprint density at radius 2 is 2.15 bits per heavy atom. The third-order valence-electron chi connectivity index (χ3n) is 3.08. The van der Waals surface area contributed by atoms with Crippen LogP contribution in [0.3, 0.4) is 0 Å². The molecule has 1 aromatic rings. The van der Waals surface area contributed by atoms with E-state index in [1.807, 2.05) is 6.07 Å². The Morgan fingerprint density at radius 1 is 1.40 bits per heavy atom. The van der Waals surface area contributed by atoms with Crippen molar-refractivity contribution in [1.82, 2.24) is 0 Å². The number of carbonyl (C=O) groups excluding carboxylic acids is 2. The Morgan fingerprint density at radius 3 is 2.90 bits per heavy atom. The van der Waals surface area contributed by atoms with Crippen LogP contribution in [0, 0.1) is 0 Å². The summed E-state index contributed by atoms with van der Waals surface area (Å²) in [5.41, 5.74) is 1.22. The van der Waals surface area contributed by atoms with Crippen molar-refractivity contribution >= 4 is 23.2 Å². The second-order valence-electron chi connectivity index (χ2n) is 4.49. The maximum absolute atomic E-state index is 11.9. The summed E-state index contributed by atoms with van der Waals surface area (Å²) in [5, 5.41) is 13.4. The van der Waals surface area contributed by atoms with Crippen molar-refractivity contribution in [1.29, 1.82) is 0 Å². The molecule has 0 fully saturated rings. The number of carbonyl (C=O) groups is 2. The largest absolute Gasteiger partial charge is 0.507 e. The standard InChI is InChI=1S/C15H17NO4/c1-2-20-15(19)12-9-10(17)7-8-16-13-6-4-3-5-11(13)14(12)18/h3-6,16,18H,2,7-9H2,1H3/b14-12-. The normalized spacial score (nSPS) is 19.1. The van der Waals surface area contributed by atoms with Crippen molar-refractivity contribution in [3.8, 4) is 0 Å². The Balaban J connectivity index is 2.51. The van der Waals surface area contributed by atoms with Gasteiger partial charge in [-0.15, -0.1) is 0 Å². The van der Waals surface area contributed by atoms with Gasteiger partial charge in [-0.2, -0.15) is 0 Å². The molecule has 0 radical (unpaired) electrons. The topological polar surface area (TPSA) is 75.6 Å². The quantitative estimate of drug-likeness (QED) is 0.810. The van der Waals surface area contributed by atoms with Crippen LogP contribution in [0.2, 0.25) is 0 Å². The number of ketones is 1. The van der Waals surface area contributed by atoms with E-state index in [-0.39, 0.29) is 30.1 Å². The number of fused-ring (bicyclic) bond motifs is 1. The van der Waals surface area contributed by atoms with Crippen LogP contribution >= 0.6 is 0 Å². The summed E-state index contributed by atoms with van der Waals surface area (Å²) in [6, 6.07) is 7.08. The summed E-state index contributed by atoms with van der Waals surface area (Å²) in [6.45, 7) is 2.35. The fourth-order valence-electron chi connectivity index (χ4n) is 2.10. The van der Waals surface area contributed by atoms with Gasteiger partial charge in [-0.1, -0.05) is 12.1 Å². The van der Waals surface area contributed by atoms with E-state index in [9.17, 15) is 14.7 Å². The van der Waals surface area contributed by atoms with Crippen LogP contribution in [0.15, 0.2) is 29.8 Å². The molecular formula is C15H17NO4. The molecule has 2 N–H and O–H groups in total. The van der Waals surface area contributed by atoms with Gasteiger partial charge in [-0.25, -0.2) is 4.79 Å². The number of anilines is 1. The maximum Gasteiger partial charge on any atom is 0.338 e. The van der Waals surface area contributed by atoms with Gasteiger partial charge in [0.05, 0.1) is 12.2 Å². The third kappa shape index (κ3) is 2.99. The van der Waals surface area contributed by atoms with Crippen molar-refractivity contribution in [2.24, 2.45) is 0 Å². The highest BCUT2D eigenvalue weighted by Gasteiger charge is 2.23. The lowest BCUT2D eigenvalue weighted by molar-refractivity contribution is -0.139. The molecule has 1 heterocycles. The van der Waals surface area contributed by atoms with E-state index < -0.39 is 5.97 Å². The number of nitrogens with one attached hydrogen (secondary N) is 1. The van der Waals surface area contributed by atoms with E-state index in [0.29, 0.717) is 24.2 Å². The molecule has 5 nitrogen and oxygen atoms in total. The molecular weight excluding hydrogens is 258 g/mol. The molecule has 106 valence electrons. The van der Waals surface area contributed by atoms with Crippen LogP contribution in [0.1, 0.15) is 25.3 Å². The highest BCUT2D eigenvalue weighted by Crippen LogP contribution is 2.28. The number of hydrogen-bond acceptors (Lipinski definition) is 5. The number of aliphatic hydroxyl groups excluding tert-OH is 1. The Bertz CT molecular complexity index is 563. The Kier molecular flexibility index (Phi) is 4.40. The van der Waals surface area contributed by atoms with E-state index >= 15 is 0 Å². The van der Waals surface area contributed by atoms with E-state index in [4.69, 9.17) is 4.74 Å². The van der Waals surface area contributed by atoms with Crippen molar-refractivity contribution in [3.63, 3.8) is 0 Å². The predicted molar refractivity (Wildman–Crippen MR) is 75.4 cm³/mol. The van der Waals surface area contributed by atoms with Crippen LogP contribution in [0.4, 0.5) is 5.69 Å². The lowest BCUT2D eigenvalue weighted by atomic mass is 10.0. The minimum atomic E-state index is -0.643. The highest BCUT2D eigenvalue weighted by molar-refractivity contribution is 6.02. The van der Waals surface area contributed by atoms with Crippen LogP contribution < -0.4 is 5.32 Å². The van der Waals surface area contributed by atoms with Crippen LogP contribution in [-0.4, -0.2) is 30.0 Å². The van der Waals surface area contributed by atoms with E-state index in [0.717, 1.165) is 0 Å². The molecule has 1 aromatic carbocycles. The molecule has 2 rings (SSSR count). The maximum atomic E-state index is 11.9. The summed E-state index contributed by atoms with van der Waals surface area (Å²) >= 11 is 0. The van der Waals surface area contributed by atoms with Gasteiger partial charge in [-0.05, 0) is 19.1 Å². The average Bonchev–Trinajstić information content (AvgIpc) is 2.49. The predicted octanol–water partition coefficient (Wildman–Crippen LogP) is 2.29. The number of rotatable bonds is 2. The summed E-state index contributed by atoms with van der Waals surface area (Å²) in [4.78, 5) is 23.7. The van der Waals surface area contributed by atoms with Crippen LogP contribution in [0.5, 0.6) is 0 Å². The Hall–Kier alpha value is -2.30. The van der Waals surface area contributed by atoms with Crippen molar-refractivity contribution < 1.29 is 19.4 Å². The minimum absolute atomic E-state index is 0.0213. The molecule has 0 saturated heterocycles. The number of aliphatic hydroxyl groups is 1. The highest BCUT2D eigenvalue weighted by atomic mass is 16.5. The van der Waals surface area contributed by atoms with E-state index in [2.05, 4.69) is 5.32 Å². The molecule has 0 aliphatic carbocycles. The molecule has 0 spiro atoms. The van der Waals surface area contributed by atoms with Gasteiger partial charge in [0.2, 0.25) is 0 Å². The fourth-order valence-corrected chi connectivity index (χ4v) is 2.10. The number of esters is 1. The number of para-hydroxylation sites is 1. The second kappa shape index (κ2) is 6.23. The minimum Gasteiger partial charge on any atom is -0.507 e. The molecule has 0 amide bonds. The zero-order valence-corrected chi connectivity index (χ0v) is 11.3. The van der Waals surface area contributed by atoms with Crippen LogP contribution in [-0.2, 0) is 14.3 Å². The first-order valence-corrected chi connectivity index (χ1v) is 6.57. The van der Waals surface area contributed by atoms with Gasteiger partial charge in [0.25, 0.3) is 0 Å². The van der Waals surface area contributed by atoms with Gasteiger partial charge in [0, 0.05) is 30.6 Å². The van der Waals surface area contributed by atoms with Crippen LogP contribution in [0.25, 0.3) is 5.76 Å². The first-order valence-electron chi connectivity index (χ1n) is 6.57. The van der Waals surface area contributed by atoms with Gasteiger partial charge in [0.15, 0.2) is 0 Å². The molecule has 5 heteroatoms. The molecule has 1 aliphatic rings. The summed E-state index contributed by atoms with van der Waals surface area (Å²) < 4.78 is 4.92. The average molecular weight is 275 g/mol. The van der Waals surface area contributed by atoms with Gasteiger partial charge in [-0.3, -0.25) is 4.79 Å².